The maximum Gasteiger partial charge on any atom is 0.262 e. The third-order valence-electron chi connectivity index (χ3n) is 6.40. The summed E-state index contributed by atoms with van der Waals surface area (Å²) in [7, 11) is 0. The molecule has 0 aliphatic carbocycles. The summed E-state index contributed by atoms with van der Waals surface area (Å²) in [4.78, 5) is 33.6. The molecule has 0 radical (unpaired) electrons. The number of benzene rings is 1. The molecule has 7 nitrogen and oxygen atoms in total. The van der Waals surface area contributed by atoms with Crippen LogP contribution in [0.5, 0.6) is 0 Å². The van der Waals surface area contributed by atoms with Crippen LogP contribution in [0.15, 0.2) is 41.3 Å². The number of anilines is 1. The largest absolute Gasteiger partial charge is 0.356 e. The molecule has 0 spiro atoms. The molecule has 0 saturated carbocycles. The topological polar surface area (TPSA) is 76.3 Å². The first-order valence-corrected chi connectivity index (χ1v) is 11.6. The summed E-state index contributed by atoms with van der Waals surface area (Å²) in [5.41, 5.74) is 2.50. The van der Waals surface area contributed by atoms with Crippen molar-refractivity contribution in [3.8, 4) is 11.4 Å². The third-order valence-corrected chi connectivity index (χ3v) is 6.64. The first-order chi connectivity index (χ1) is 16.3. The van der Waals surface area contributed by atoms with Crippen LogP contribution in [0.4, 0.5) is 10.2 Å². The van der Waals surface area contributed by atoms with Gasteiger partial charge in [0, 0.05) is 53.2 Å². The normalized spacial score (nSPS) is 16.3. The zero-order chi connectivity index (χ0) is 24.0. The highest BCUT2D eigenvalue weighted by Crippen LogP contribution is 2.31. The third kappa shape index (κ3) is 4.03. The highest BCUT2D eigenvalue weighted by Gasteiger charge is 2.25. The number of aromatic nitrogens is 5. The summed E-state index contributed by atoms with van der Waals surface area (Å²) in [5, 5.41) is 0.276. The van der Waals surface area contributed by atoms with Gasteiger partial charge in [-0.2, -0.15) is 0 Å². The van der Waals surface area contributed by atoms with Crippen molar-refractivity contribution in [3.05, 3.63) is 80.5 Å². The van der Waals surface area contributed by atoms with Gasteiger partial charge in [0.25, 0.3) is 5.56 Å². The molecule has 34 heavy (non-hydrogen) atoms. The molecule has 1 saturated heterocycles. The highest BCUT2D eigenvalue weighted by atomic mass is 35.5. The molecule has 0 bridgehead atoms. The van der Waals surface area contributed by atoms with Crippen LogP contribution in [0.1, 0.15) is 41.5 Å². The van der Waals surface area contributed by atoms with E-state index in [0.717, 1.165) is 30.9 Å². The zero-order valence-corrected chi connectivity index (χ0v) is 20.0. The average Bonchev–Trinajstić information content (AvgIpc) is 2.82. The van der Waals surface area contributed by atoms with Gasteiger partial charge in [0.15, 0.2) is 5.82 Å². The van der Waals surface area contributed by atoms with Gasteiger partial charge in [0.05, 0.1) is 5.56 Å². The smallest absolute Gasteiger partial charge is 0.262 e. The fourth-order valence-electron chi connectivity index (χ4n) is 4.48. The summed E-state index contributed by atoms with van der Waals surface area (Å²) < 4.78 is 16.4. The number of nitrogens with zero attached hydrogens (tertiary/aromatic N) is 6. The van der Waals surface area contributed by atoms with Crippen molar-refractivity contribution < 1.29 is 4.39 Å². The predicted molar refractivity (Wildman–Crippen MR) is 130 cm³/mol. The van der Waals surface area contributed by atoms with Crippen molar-refractivity contribution in [2.75, 3.05) is 18.0 Å². The van der Waals surface area contributed by atoms with E-state index in [9.17, 15) is 9.18 Å². The van der Waals surface area contributed by atoms with Gasteiger partial charge in [-0.15, -0.1) is 0 Å². The van der Waals surface area contributed by atoms with E-state index >= 15 is 0 Å². The van der Waals surface area contributed by atoms with Crippen LogP contribution in [-0.4, -0.2) is 37.4 Å². The predicted octanol–water partition coefficient (Wildman–Crippen LogP) is 4.65. The molecule has 0 amide bonds. The van der Waals surface area contributed by atoms with Gasteiger partial charge in [-0.1, -0.05) is 11.6 Å². The Morgan fingerprint density at radius 3 is 2.68 bits per heavy atom. The Balaban J connectivity index is 1.66. The first-order valence-electron chi connectivity index (χ1n) is 11.2. The minimum absolute atomic E-state index is 0.198. The number of piperidine rings is 1. The lowest BCUT2D eigenvalue weighted by molar-refractivity contribution is 0.497. The van der Waals surface area contributed by atoms with Crippen LogP contribution in [-0.2, 0) is 0 Å². The molecule has 9 heteroatoms. The molecule has 4 aromatic rings. The first kappa shape index (κ1) is 22.4. The van der Waals surface area contributed by atoms with Crippen LogP contribution >= 0.6 is 11.6 Å². The monoisotopic (exact) mass is 478 g/mol. The maximum absolute atomic E-state index is 15.0. The van der Waals surface area contributed by atoms with Gasteiger partial charge in [-0.3, -0.25) is 4.79 Å². The van der Waals surface area contributed by atoms with Crippen molar-refractivity contribution in [2.24, 2.45) is 0 Å². The number of fused-ring (bicyclic) bond motifs is 1. The maximum atomic E-state index is 15.0. The molecule has 4 heterocycles. The Kier molecular flexibility index (Phi) is 5.77. The number of hydrogen-bond acceptors (Lipinski definition) is 6. The zero-order valence-electron chi connectivity index (χ0n) is 19.2. The van der Waals surface area contributed by atoms with Gasteiger partial charge in [0.1, 0.15) is 23.1 Å². The number of halogens is 2. The van der Waals surface area contributed by atoms with E-state index in [4.69, 9.17) is 16.6 Å². The average molecular weight is 479 g/mol. The Morgan fingerprint density at radius 1 is 1.09 bits per heavy atom. The second-order valence-electron chi connectivity index (χ2n) is 8.70. The SMILES string of the molecule is Cc1nccc(C2CCCN(c3cc4nc(C)c(C)c(=O)n4c(-c4ccc(Cl)cc4F)n3)C2)n1. The van der Waals surface area contributed by atoms with E-state index < -0.39 is 5.82 Å². The van der Waals surface area contributed by atoms with Crippen LogP contribution < -0.4 is 10.5 Å². The Labute approximate surface area is 201 Å². The molecule has 1 aromatic carbocycles. The standard InChI is InChI=1S/C25H24ClFN6O/c1-14-15(2)29-23-12-22(32-10-4-5-17(13-32)21-8-9-28-16(3)30-21)31-24(33(23)25(14)34)19-7-6-18(26)11-20(19)27/h6-9,11-12,17H,4-5,10,13H2,1-3H3. The van der Waals surface area contributed by atoms with Gasteiger partial charge in [0.2, 0.25) is 0 Å². The highest BCUT2D eigenvalue weighted by molar-refractivity contribution is 6.30. The quantitative estimate of drug-likeness (QED) is 0.426. The van der Waals surface area contributed by atoms with E-state index in [1.165, 1.54) is 10.5 Å². The van der Waals surface area contributed by atoms with Crippen LogP contribution in [0.2, 0.25) is 5.02 Å². The van der Waals surface area contributed by atoms with Crippen LogP contribution in [0.3, 0.4) is 0 Å². The lowest BCUT2D eigenvalue weighted by Gasteiger charge is -2.33. The summed E-state index contributed by atoms with van der Waals surface area (Å²) in [5.74, 6) is 1.28. The molecule has 1 unspecified atom stereocenters. The molecule has 1 atom stereocenters. The van der Waals surface area contributed by atoms with Crippen molar-refractivity contribution in [1.82, 2.24) is 24.3 Å². The van der Waals surface area contributed by atoms with Gasteiger partial charge in [-0.25, -0.2) is 28.7 Å². The van der Waals surface area contributed by atoms with Crippen molar-refractivity contribution in [1.29, 1.82) is 0 Å². The molecule has 174 valence electrons. The minimum Gasteiger partial charge on any atom is -0.356 e. The van der Waals surface area contributed by atoms with E-state index in [1.807, 2.05) is 13.0 Å². The molecule has 5 rings (SSSR count). The fourth-order valence-corrected chi connectivity index (χ4v) is 4.64. The minimum atomic E-state index is -0.545. The molecule has 1 aliphatic heterocycles. The second-order valence-corrected chi connectivity index (χ2v) is 9.13. The number of aryl methyl sites for hydroxylation is 2. The van der Waals surface area contributed by atoms with Crippen LogP contribution in [0.25, 0.3) is 17.0 Å². The van der Waals surface area contributed by atoms with E-state index in [0.29, 0.717) is 29.3 Å². The molecule has 1 fully saturated rings. The van der Waals surface area contributed by atoms with Gasteiger partial charge < -0.3 is 4.90 Å². The van der Waals surface area contributed by atoms with Crippen molar-refractivity contribution in [3.63, 3.8) is 0 Å². The summed E-state index contributed by atoms with van der Waals surface area (Å²) in [6, 6.07) is 8.13. The molecular formula is C25H24ClFN6O. The summed E-state index contributed by atoms with van der Waals surface area (Å²) in [6.07, 6.45) is 3.75. The Hall–Kier alpha value is -3.39. The summed E-state index contributed by atoms with van der Waals surface area (Å²) in [6.45, 7) is 6.90. The van der Waals surface area contributed by atoms with Gasteiger partial charge in [-0.05, 0) is 57.9 Å². The van der Waals surface area contributed by atoms with Crippen LogP contribution in [0, 0.1) is 26.6 Å². The van der Waals surface area contributed by atoms with Gasteiger partial charge >= 0.3 is 0 Å². The fraction of sp³-hybridized carbons (Fsp3) is 0.320. The lowest BCUT2D eigenvalue weighted by Crippen LogP contribution is -2.36. The second kappa shape index (κ2) is 8.76. The molecular weight excluding hydrogens is 455 g/mol. The van der Waals surface area contributed by atoms with E-state index in [1.54, 1.807) is 38.2 Å². The Bertz CT molecular complexity index is 1470. The molecule has 0 N–H and O–H groups in total. The van der Waals surface area contributed by atoms with E-state index in [2.05, 4.69) is 19.9 Å². The molecule has 1 aliphatic rings. The number of rotatable bonds is 3. The van der Waals surface area contributed by atoms with Crippen molar-refractivity contribution >= 4 is 23.1 Å². The van der Waals surface area contributed by atoms with E-state index in [-0.39, 0.29) is 27.9 Å². The summed E-state index contributed by atoms with van der Waals surface area (Å²) >= 11 is 5.98. The Morgan fingerprint density at radius 2 is 1.91 bits per heavy atom. The van der Waals surface area contributed by atoms with Crippen molar-refractivity contribution in [2.45, 2.75) is 39.5 Å². The lowest BCUT2D eigenvalue weighted by atomic mass is 9.94. The molecule has 3 aromatic heterocycles. The number of hydrogen-bond donors (Lipinski definition) is 0.